The molecule has 2 aromatic rings. The molecule has 0 saturated heterocycles. The van der Waals surface area contributed by atoms with Crippen molar-refractivity contribution in [2.24, 2.45) is 0 Å². The van der Waals surface area contributed by atoms with E-state index >= 15 is 0 Å². The zero-order valence-corrected chi connectivity index (χ0v) is 12.7. The third-order valence-corrected chi connectivity index (χ3v) is 2.78. The van der Waals surface area contributed by atoms with Crippen LogP contribution in [-0.2, 0) is 4.74 Å². The van der Waals surface area contributed by atoms with Gasteiger partial charge < -0.3 is 10.1 Å². The molecular weight excluding hydrogens is 292 g/mol. The summed E-state index contributed by atoms with van der Waals surface area (Å²) in [6.07, 6.45) is 0. The van der Waals surface area contributed by atoms with Gasteiger partial charge in [-0.2, -0.15) is 0 Å². The van der Waals surface area contributed by atoms with Gasteiger partial charge in [-0.1, -0.05) is 11.6 Å². The number of ether oxygens (including phenoxy) is 1. The van der Waals surface area contributed by atoms with Crippen LogP contribution in [0.1, 0.15) is 28.7 Å². The van der Waals surface area contributed by atoms with Crippen molar-refractivity contribution >= 4 is 29.1 Å². The molecule has 21 heavy (non-hydrogen) atoms. The van der Waals surface area contributed by atoms with E-state index in [0.29, 0.717) is 11.5 Å². The number of halogens is 1. The molecule has 0 aliphatic rings. The Kier molecular flexibility index (Phi) is 4.70. The predicted molar refractivity (Wildman–Crippen MR) is 80.0 cm³/mol. The Hall–Kier alpha value is -2.21. The Morgan fingerprint density at radius 2 is 2.05 bits per heavy atom. The van der Waals surface area contributed by atoms with Crippen molar-refractivity contribution in [1.29, 1.82) is 0 Å². The average molecular weight is 307 g/mol. The van der Waals surface area contributed by atoms with Crippen LogP contribution >= 0.6 is 11.6 Å². The summed E-state index contributed by atoms with van der Waals surface area (Å²) in [4.78, 5) is 16.2. The molecular formula is C14H15ClN4O2. The number of hydrogen-bond acceptors (Lipinski definition) is 6. The summed E-state index contributed by atoms with van der Waals surface area (Å²) >= 11 is 5.84. The van der Waals surface area contributed by atoms with E-state index in [0.717, 1.165) is 11.3 Å². The van der Waals surface area contributed by atoms with Crippen molar-refractivity contribution in [2.75, 3.05) is 11.9 Å². The molecule has 7 heteroatoms. The van der Waals surface area contributed by atoms with Crippen molar-refractivity contribution in [3.63, 3.8) is 0 Å². The molecule has 0 spiro atoms. The van der Waals surface area contributed by atoms with E-state index < -0.39 is 5.97 Å². The number of anilines is 2. The van der Waals surface area contributed by atoms with E-state index in [1.807, 2.05) is 26.0 Å². The van der Waals surface area contributed by atoms with Gasteiger partial charge in [0.25, 0.3) is 0 Å². The number of carbonyl (C=O) groups excluding carboxylic acids is 1. The zero-order chi connectivity index (χ0) is 15.4. The first-order chi connectivity index (χ1) is 9.99. The minimum absolute atomic E-state index is 0.0715. The predicted octanol–water partition coefficient (Wildman–Crippen LogP) is 3.06. The highest BCUT2D eigenvalue weighted by atomic mass is 35.5. The molecule has 6 nitrogen and oxygen atoms in total. The van der Waals surface area contributed by atoms with E-state index in [2.05, 4.69) is 20.5 Å². The second-order valence-electron chi connectivity index (χ2n) is 4.45. The fourth-order valence-electron chi connectivity index (χ4n) is 1.86. The maximum Gasteiger partial charge on any atom is 0.361 e. The van der Waals surface area contributed by atoms with Gasteiger partial charge >= 0.3 is 5.97 Å². The number of pyridine rings is 1. The number of aryl methyl sites for hydroxylation is 2. The number of hydrogen-bond donors (Lipinski definition) is 1. The van der Waals surface area contributed by atoms with Gasteiger partial charge in [-0.25, -0.2) is 9.78 Å². The topological polar surface area (TPSA) is 77.0 Å². The second-order valence-corrected chi connectivity index (χ2v) is 4.83. The third-order valence-electron chi connectivity index (χ3n) is 2.59. The molecule has 2 heterocycles. The van der Waals surface area contributed by atoms with Gasteiger partial charge in [0.2, 0.25) is 0 Å². The molecule has 2 rings (SSSR count). The van der Waals surface area contributed by atoms with Crippen LogP contribution in [0.3, 0.4) is 0 Å². The maximum atomic E-state index is 11.9. The van der Waals surface area contributed by atoms with E-state index in [4.69, 9.17) is 16.3 Å². The van der Waals surface area contributed by atoms with Gasteiger partial charge in [-0.05, 0) is 38.5 Å². The van der Waals surface area contributed by atoms with Crippen LogP contribution in [0.25, 0.3) is 0 Å². The minimum Gasteiger partial charge on any atom is -0.461 e. The van der Waals surface area contributed by atoms with Crippen molar-refractivity contribution < 1.29 is 9.53 Å². The van der Waals surface area contributed by atoms with Crippen molar-refractivity contribution in [1.82, 2.24) is 15.2 Å². The Morgan fingerprint density at radius 3 is 2.71 bits per heavy atom. The van der Waals surface area contributed by atoms with Gasteiger partial charge in [0.1, 0.15) is 5.82 Å². The van der Waals surface area contributed by atoms with Crippen LogP contribution in [0.15, 0.2) is 18.2 Å². The second kappa shape index (κ2) is 6.49. The average Bonchev–Trinajstić information content (AvgIpc) is 2.37. The largest absolute Gasteiger partial charge is 0.461 e. The van der Waals surface area contributed by atoms with E-state index in [-0.39, 0.29) is 17.5 Å². The Morgan fingerprint density at radius 1 is 1.29 bits per heavy atom. The minimum atomic E-state index is -0.562. The first-order valence-corrected chi connectivity index (χ1v) is 6.80. The van der Waals surface area contributed by atoms with Gasteiger partial charge in [-0.15, -0.1) is 10.2 Å². The number of aromatic nitrogens is 3. The highest BCUT2D eigenvalue weighted by molar-refractivity contribution is 6.29. The molecule has 0 aliphatic carbocycles. The molecule has 0 bridgehead atoms. The molecule has 0 aliphatic heterocycles. The quantitative estimate of drug-likeness (QED) is 0.875. The van der Waals surface area contributed by atoms with Crippen LogP contribution in [0.5, 0.6) is 0 Å². The van der Waals surface area contributed by atoms with Crippen LogP contribution in [-0.4, -0.2) is 27.8 Å². The van der Waals surface area contributed by atoms with Crippen LogP contribution in [0, 0.1) is 13.8 Å². The first-order valence-electron chi connectivity index (χ1n) is 6.42. The lowest BCUT2D eigenvalue weighted by atomic mass is 10.2. The number of nitrogens with one attached hydrogen (secondary N) is 1. The van der Waals surface area contributed by atoms with Gasteiger partial charge in [0, 0.05) is 11.8 Å². The lowest BCUT2D eigenvalue weighted by Crippen LogP contribution is -2.12. The molecule has 0 saturated carbocycles. The van der Waals surface area contributed by atoms with Gasteiger partial charge in [0.15, 0.2) is 10.8 Å². The molecule has 0 atom stereocenters. The number of carbonyl (C=O) groups is 1. The monoisotopic (exact) mass is 306 g/mol. The maximum absolute atomic E-state index is 11.9. The standard InChI is InChI=1S/C14H15ClN4O2/c1-4-21-14(20)13-10(7-11(15)18-19-13)17-12-6-8(2)5-9(3)16-12/h5-7H,4H2,1-3H3,(H,16,17,18). The summed E-state index contributed by atoms with van der Waals surface area (Å²) in [5, 5.41) is 10.7. The summed E-state index contributed by atoms with van der Waals surface area (Å²) in [7, 11) is 0. The van der Waals surface area contributed by atoms with Crippen molar-refractivity contribution in [2.45, 2.75) is 20.8 Å². The fourth-order valence-corrected chi connectivity index (χ4v) is 2.00. The molecule has 110 valence electrons. The molecule has 0 aromatic carbocycles. The Labute approximate surface area is 127 Å². The molecule has 0 unspecified atom stereocenters. The van der Waals surface area contributed by atoms with Crippen molar-refractivity contribution in [3.8, 4) is 0 Å². The van der Waals surface area contributed by atoms with Gasteiger partial charge in [-0.3, -0.25) is 0 Å². The summed E-state index contributed by atoms with van der Waals surface area (Å²) < 4.78 is 4.95. The summed E-state index contributed by atoms with van der Waals surface area (Å²) in [5.41, 5.74) is 2.40. The van der Waals surface area contributed by atoms with Crippen LogP contribution in [0.2, 0.25) is 5.15 Å². The number of esters is 1. The van der Waals surface area contributed by atoms with E-state index in [1.54, 1.807) is 6.92 Å². The highest BCUT2D eigenvalue weighted by Gasteiger charge is 2.17. The molecule has 0 amide bonds. The first kappa shape index (κ1) is 15.2. The summed E-state index contributed by atoms with van der Waals surface area (Å²) in [5.74, 6) is 0.0376. The molecule has 0 radical (unpaired) electrons. The number of rotatable bonds is 4. The van der Waals surface area contributed by atoms with E-state index in [9.17, 15) is 4.79 Å². The molecule has 0 fully saturated rings. The van der Waals surface area contributed by atoms with Gasteiger partial charge in [0.05, 0.1) is 12.3 Å². The Balaban J connectivity index is 2.38. The Bertz CT molecular complexity index is 656. The highest BCUT2D eigenvalue weighted by Crippen LogP contribution is 2.22. The fraction of sp³-hybridized carbons (Fsp3) is 0.286. The number of nitrogens with zero attached hydrogens (tertiary/aromatic N) is 3. The van der Waals surface area contributed by atoms with E-state index in [1.165, 1.54) is 6.07 Å². The summed E-state index contributed by atoms with van der Waals surface area (Å²) in [6.45, 7) is 5.83. The zero-order valence-electron chi connectivity index (χ0n) is 12.0. The van der Waals surface area contributed by atoms with Crippen LogP contribution < -0.4 is 5.32 Å². The lowest BCUT2D eigenvalue weighted by molar-refractivity contribution is 0.0519. The molecule has 2 aromatic heterocycles. The SMILES string of the molecule is CCOC(=O)c1nnc(Cl)cc1Nc1cc(C)cc(C)n1. The smallest absolute Gasteiger partial charge is 0.361 e. The van der Waals surface area contributed by atoms with Crippen LogP contribution in [0.4, 0.5) is 11.5 Å². The van der Waals surface area contributed by atoms with Crippen molar-refractivity contribution in [3.05, 3.63) is 40.3 Å². The normalized spacial score (nSPS) is 10.3. The summed E-state index contributed by atoms with van der Waals surface area (Å²) in [6, 6.07) is 5.33. The molecule has 1 N–H and O–H groups in total. The third kappa shape index (κ3) is 3.88. The lowest BCUT2D eigenvalue weighted by Gasteiger charge is -2.10.